The highest BCUT2D eigenvalue weighted by Crippen LogP contribution is 2.28. The Bertz CT molecular complexity index is 1790. The molecule has 0 bridgehead atoms. The number of anilines is 1. The molecule has 0 saturated heterocycles. The van der Waals surface area contributed by atoms with Gasteiger partial charge in [0, 0.05) is 19.0 Å². The monoisotopic (exact) mass is 683 g/mol. The molecule has 1 fully saturated rings. The Kier molecular flexibility index (Phi) is 12.0. The zero-order chi connectivity index (χ0) is 34.8. The molecule has 0 unspecified atom stereocenters. The van der Waals surface area contributed by atoms with E-state index in [0.29, 0.717) is 23.8 Å². The second-order valence-corrected chi connectivity index (χ2v) is 14.2. The first-order chi connectivity index (χ1) is 23.7. The maximum atomic E-state index is 14.7. The molecule has 0 aromatic heterocycles. The molecular formula is C39H45N3O6S. The summed E-state index contributed by atoms with van der Waals surface area (Å²) >= 11 is 0. The predicted molar refractivity (Wildman–Crippen MR) is 191 cm³/mol. The minimum Gasteiger partial charge on any atom is -0.497 e. The third kappa shape index (κ3) is 9.20. The fourth-order valence-corrected chi connectivity index (χ4v) is 7.54. The Morgan fingerprint density at radius 3 is 2.18 bits per heavy atom. The van der Waals surface area contributed by atoms with Gasteiger partial charge in [0.2, 0.25) is 11.8 Å². The van der Waals surface area contributed by atoms with Gasteiger partial charge in [0.1, 0.15) is 24.1 Å². The number of rotatable bonds is 15. The van der Waals surface area contributed by atoms with Crippen LogP contribution in [-0.4, -0.2) is 57.5 Å². The van der Waals surface area contributed by atoms with E-state index in [2.05, 4.69) is 5.32 Å². The van der Waals surface area contributed by atoms with Crippen molar-refractivity contribution >= 4 is 27.5 Å². The summed E-state index contributed by atoms with van der Waals surface area (Å²) in [4.78, 5) is 30.5. The average Bonchev–Trinajstić information content (AvgIpc) is 3.63. The lowest BCUT2D eigenvalue weighted by atomic mass is 10.0. The Morgan fingerprint density at radius 2 is 1.53 bits per heavy atom. The topological polar surface area (TPSA) is 105 Å². The summed E-state index contributed by atoms with van der Waals surface area (Å²) in [7, 11) is -2.64. The Labute approximate surface area is 289 Å². The molecule has 1 N–H and O–H groups in total. The van der Waals surface area contributed by atoms with Gasteiger partial charge in [-0.15, -0.1) is 0 Å². The van der Waals surface area contributed by atoms with Crippen molar-refractivity contribution in [2.45, 2.75) is 69.5 Å². The quantitative estimate of drug-likeness (QED) is 0.158. The van der Waals surface area contributed by atoms with Crippen LogP contribution in [0.1, 0.15) is 49.3 Å². The standard InChI is InChI=1S/C39H45N3O6S/c1-4-48-34-21-19-33(20-22-34)42(49(45,46)36-23-17-29(2)18-24-36)28-38(43)41(27-31-13-10-16-35(25-31)47-3)37(26-30-11-6-5-7-12-30)39(44)40-32-14-8-9-15-32/h5-7,10-13,16-25,32,37H,4,8-9,14-15,26-28H2,1-3H3,(H,40,44)/t37-/m0/s1. The lowest BCUT2D eigenvalue weighted by molar-refractivity contribution is -0.140. The fraction of sp³-hybridized carbons (Fsp3) is 0.333. The largest absolute Gasteiger partial charge is 0.497 e. The van der Waals surface area contributed by atoms with Crippen molar-refractivity contribution < 1.29 is 27.5 Å². The molecule has 0 spiro atoms. The van der Waals surface area contributed by atoms with E-state index in [-0.39, 0.29) is 29.8 Å². The number of hydrogen-bond acceptors (Lipinski definition) is 6. The highest BCUT2D eigenvalue weighted by molar-refractivity contribution is 7.92. The SMILES string of the molecule is CCOc1ccc(N(CC(=O)N(Cc2cccc(OC)c2)[C@@H](Cc2ccccc2)C(=O)NC2CCCC2)S(=O)(=O)c2ccc(C)cc2)cc1. The van der Waals surface area contributed by atoms with Crippen molar-refractivity contribution in [3.8, 4) is 11.5 Å². The van der Waals surface area contributed by atoms with E-state index in [1.165, 1.54) is 17.0 Å². The van der Waals surface area contributed by atoms with Crippen molar-refractivity contribution in [1.82, 2.24) is 10.2 Å². The van der Waals surface area contributed by atoms with Gasteiger partial charge in [0.25, 0.3) is 10.0 Å². The van der Waals surface area contributed by atoms with E-state index < -0.39 is 28.5 Å². The summed E-state index contributed by atoms with van der Waals surface area (Å²) in [6.07, 6.45) is 4.09. The van der Waals surface area contributed by atoms with Crippen LogP contribution in [-0.2, 0) is 32.6 Å². The van der Waals surface area contributed by atoms with E-state index in [0.717, 1.165) is 46.7 Å². The van der Waals surface area contributed by atoms with Crippen LogP contribution in [0.25, 0.3) is 0 Å². The van der Waals surface area contributed by atoms with E-state index in [9.17, 15) is 18.0 Å². The zero-order valence-corrected chi connectivity index (χ0v) is 29.2. The summed E-state index contributed by atoms with van der Waals surface area (Å²) in [5.41, 5.74) is 2.83. The van der Waals surface area contributed by atoms with Crippen LogP contribution in [0.3, 0.4) is 0 Å². The molecule has 1 aliphatic rings. The highest BCUT2D eigenvalue weighted by Gasteiger charge is 2.35. The van der Waals surface area contributed by atoms with Crippen LogP contribution in [0, 0.1) is 6.92 Å². The van der Waals surface area contributed by atoms with Crippen LogP contribution in [0.4, 0.5) is 5.69 Å². The molecule has 49 heavy (non-hydrogen) atoms. The lowest BCUT2D eigenvalue weighted by Gasteiger charge is -2.34. The maximum Gasteiger partial charge on any atom is 0.264 e. The number of methoxy groups -OCH3 is 1. The first-order valence-electron chi connectivity index (χ1n) is 16.8. The Hall–Kier alpha value is -4.83. The Morgan fingerprint density at radius 1 is 0.857 bits per heavy atom. The summed E-state index contributed by atoms with van der Waals surface area (Å²) < 4.78 is 40.8. The maximum absolute atomic E-state index is 14.7. The lowest BCUT2D eigenvalue weighted by Crippen LogP contribution is -2.54. The average molecular weight is 684 g/mol. The molecule has 4 aromatic rings. The third-order valence-corrected chi connectivity index (χ3v) is 10.6. The molecule has 1 saturated carbocycles. The summed E-state index contributed by atoms with van der Waals surface area (Å²) in [5.74, 6) is 0.408. The normalized spacial score (nSPS) is 13.8. The van der Waals surface area contributed by atoms with Gasteiger partial charge in [0.05, 0.1) is 24.3 Å². The predicted octanol–water partition coefficient (Wildman–Crippen LogP) is 6.30. The van der Waals surface area contributed by atoms with Gasteiger partial charge in [-0.3, -0.25) is 13.9 Å². The number of nitrogens with one attached hydrogen (secondary N) is 1. The molecule has 4 aromatic carbocycles. The van der Waals surface area contributed by atoms with E-state index in [1.54, 1.807) is 43.5 Å². The molecular weight excluding hydrogens is 639 g/mol. The number of sulfonamides is 1. The van der Waals surface area contributed by atoms with Gasteiger partial charge in [-0.2, -0.15) is 0 Å². The third-order valence-electron chi connectivity index (χ3n) is 8.78. The first-order valence-corrected chi connectivity index (χ1v) is 18.2. The van der Waals surface area contributed by atoms with E-state index >= 15 is 0 Å². The number of nitrogens with zero attached hydrogens (tertiary/aromatic N) is 2. The van der Waals surface area contributed by atoms with Crippen molar-refractivity contribution in [3.63, 3.8) is 0 Å². The molecule has 0 heterocycles. The number of benzene rings is 4. The highest BCUT2D eigenvalue weighted by atomic mass is 32.2. The van der Waals surface area contributed by atoms with Crippen LogP contribution < -0.4 is 19.1 Å². The summed E-state index contributed by atoms with van der Waals surface area (Å²) in [5, 5.41) is 3.20. The van der Waals surface area contributed by atoms with Gasteiger partial charge < -0.3 is 19.7 Å². The minimum atomic E-state index is -4.21. The molecule has 10 heteroatoms. The molecule has 1 aliphatic carbocycles. The number of aryl methyl sites for hydroxylation is 1. The van der Waals surface area contributed by atoms with Crippen molar-refractivity contribution in [2.24, 2.45) is 0 Å². The smallest absolute Gasteiger partial charge is 0.264 e. The second-order valence-electron chi connectivity index (χ2n) is 12.3. The van der Waals surface area contributed by atoms with Crippen molar-refractivity contribution in [3.05, 3.63) is 120 Å². The van der Waals surface area contributed by atoms with Crippen LogP contribution in [0.2, 0.25) is 0 Å². The van der Waals surface area contributed by atoms with Gasteiger partial charge in [-0.1, -0.05) is 73.0 Å². The minimum absolute atomic E-state index is 0.0295. The molecule has 5 rings (SSSR count). The molecule has 0 aliphatic heterocycles. The number of amides is 2. The first kappa shape index (κ1) is 35.5. The molecule has 0 radical (unpaired) electrons. The van der Waals surface area contributed by atoms with E-state index in [1.807, 2.05) is 68.4 Å². The van der Waals surface area contributed by atoms with Gasteiger partial charge in [-0.25, -0.2) is 8.42 Å². The Balaban J connectivity index is 1.57. The second kappa shape index (κ2) is 16.5. The molecule has 9 nitrogen and oxygen atoms in total. The number of hydrogen-bond donors (Lipinski definition) is 1. The van der Waals surface area contributed by atoms with Crippen molar-refractivity contribution in [1.29, 1.82) is 0 Å². The van der Waals surface area contributed by atoms with Crippen molar-refractivity contribution in [2.75, 3.05) is 24.6 Å². The number of carbonyl (C=O) groups excluding carboxylic acids is 2. The molecule has 2 amide bonds. The summed E-state index contributed by atoms with van der Waals surface area (Å²) in [6, 6.07) is 29.2. The van der Waals surface area contributed by atoms with Crippen LogP contribution in [0.5, 0.6) is 11.5 Å². The summed E-state index contributed by atoms with van der Waals surface area (Å²) in [6.45, 7) is 3.73. The number of carbonyl (C=O) groups is 2. The number of ether oxygens (including phenoxy) is 2. The van der Waals surface area contributed by atoms with Gasteiger partial charge >= 0.3 is 0 Å². The molecule has 1 atom stereocenters. The van der Waals surface area contributed by atoms with Gasteiger partial charge in [-0.05, 0) is 86.3 Å². The van der Waals surface area contributed by atoms with Crippen LogP contribution >= 0.6 is 0 Å². The zero-order valence-electron chi connectivity index (χ0n) is 28.4. The van der Waals surface area contributed by atoms with Gasteiger partial charge in [0.15, 0.2) is 0 Å². The van der Waals surface area contributed by atoms with E-state index in [4.69, 9.17) is 9.47 Å². The van der Waals surface area contributed by atoms with Crippen LogP contribution in [0.15, 0.2) is 108 Å². The fourth-order valence-electron chi connectivity index (χ4n) is 6.13. The molecule has 258 valence electrons.